The van der Waals surface area contributed by atoms with Gasteiger partial charge in [0.1, 0.15) is 43.2 Å². The van der Waals surface area contributed by atoms with Gasteiger partial charge in [-0.05, 0) is 38.3 Å². The number of ether oxygens (including phenoxy) is 2. The second-order valence-electron chi connectivity index (χ2n) is 7.75. The first-order chi connectivity index (χ1) is 15.2. The van der Waals surface area contributed by atoms with Crippen molar-refractivity contribution in [1.29, 1.82) is 0 Å². The summed E-state index contributed by atoms with van der Waals surface area (Å²) < 4.78 is 12.8. The second kappa shape index (κ2) is 8.25. The first-order valence-corrected chi connectivity index (χ1v) is 10.5. The van der Waals surface area contributed by atoms with E-state index in [-0.39, 0.29) is 5.91 Å². The third kappa shape index (κ3) is 4.03. The fraction of sp³-hybridized carbons (Fsp3) is 0.364. The highest BCUT2D eigenvalue weighted by Crippen LogP contribution is 2.32. The maximum absolute atomic E-state index is 12.7. The van der Waals surface area contributed by atoms with Gasteiger partial charge in [-0.2, -0.15) is 0 Å². The quantitative estimate of drug-likeness (QED) is 0.693. The Morgan fingerprint density at radius 1 is 1.06 bits per heavy atom. The Hall–Kier alpha value is -3.62. The van der Waals surface area contributed by atoms with Crippen LogP contribution < -0.4 is 19.7 Å². The van der Waals surface area contributed by atoms with Crippen molar-refractivity contribution in [2.24, 2.45) is 0 Å². The molecule has 5 rings (SSSR count). The molecule has 1 unspecified atom stereocenters. The van der Waals surface area contributed by atoms with Gasteiger partial charge in [-0.25, -0.2) is 15.0 Å². The summed E-state index contributed by atoms with van der Waals surface area (Å²) in [5, 5.41) is 2.85. The van der Waals surface area contributed by atoms with Crippen molar-refractivity contribution in [2.75, 3.05) is 30.0 Å². The minimum Gasteiger partial charge on any atom is -0.486 e. The summed E-state index contributed by atoms with van der Waals surface area (Å²) >= 11 is 0. The average Bonchev–Trinajstić information content (AvgIpc) is 3.30. The van der Waals surface area contributed by atoms with Gasteiger partial charge in [0, 0.05) is 36.6 Å². The summed E-state index contributed by atoms with van der Waals surface area (Å²) in [6, 6.07) is 7.70. The summed E-state index contributed by atoms with van der Waals surface area (Å²) in [4.78, 5) is 28.1. The highest BCUT2D eigenvalue weighted by atomic mass is 16.6. The van der Waals surface area contributed by atoms with Crippen molar-refractivity contribution < 1.29 is 14.3 Å². The molecule has 0 aliphatic carbocycles. The number of benzene rings is 1. The minimum atomic E-state index is -0.311. The highest BCUT2D eigenvalue weighted by Gasteiger charge is 2.20. The zero-order valence-electron chi connectivity index (χ0n) is 17.3. The number of fused-ring (bicyclic) bond motifs is 1. The van der Waals surface area contributed by atoms with E-state index in [2.05, 4.69) is 32.1 Å². The average molecular weight is 420 g/mol. The van der Waals surface area contributed by atoms with Gasteiger partial charge >= 0.3 is 0 Å². The third-order valence-electron chi connectivity index (χ3n) is 5.62. The van der Waals surface area contributed by atoms with E-state index in [0.29, 0.717) is 48.0 Å². The number of hydrogen-bond donors (Lipinski definition) is 1. The molecule has 4 heterocycles. The molecule has 2 aliphatic rings. The molecule has 1 aromatic carbocycles. The molecule has 1 saturated heterocycles. The van der Waals surface area contributed by atoms with Gasteiger partial charge in [-0.3, -0.25) is 9.36 Å². The van der Waals surface area contributed by atoms with E-state index in [9.17, 15) is 4.79 Å². The van der Waals surface area contributed by atoms with Gasteiger partial charge in [0.25, 0.3) is 5.91 Å². The molecule has 1 fully saturated rings. The van der Waals surface area contributed by atoms with E-state index >= 15 is 0 Å². The van der Waals surface area contributed by atoms with Crippen LogP contribution in [-0.2, 0) is 0 Å². The number of carbonyl (C=O) groups is 1. The normalized spacial score (nSPS) is 18.0. The third-order valence-corrected chi connectivity index (χ3v) is 5.62. The second-order valence-corrected chi connectivity index (χ2v) is 7.75. The number of anilines is 2. The van der Waals surface area contributed by atoms with Crippen molar-refractivity contribution in [1.82, 2.24) is 19.5 Å². The first kappa shape index (κ1) is 19.3. The van der Waals surface area contributed by atoms with Crippen LogP contribution in [0, 0.1) is 0 Å². The fourth-order valence-electron chi connectivity index (χ4n) is 3.96. The van der Waals surface area contributed by atoms with Crippen LogP contribution in [0.5, 0.6) is 11.5 Å². The number of piperidine rings is 1. The lowest BCUT2D eigenvalue weighted by atomic mass is 10.0. The van der Waals surface area contributed by atoms with Crippen LogP contribution in [0.2, 0.25) is 0 Å². The van der Waals surface area contributed by atoms with E-state index in [0.717, 1.165) is 18.8 Å². The largest absolute Gasteiger partial charge is 0.486 e. The number of amides is 1. The minimum absolute atomic E-state index is 0.293. The van der Waals surface area contributed by atoms with Crippen molar-refractivity contribution in [3.63, 3.8) is 0 Å². The molecular weight excluding hydrogens is 396 g/mol. The Morgan fingerprint density at radius 2 is 1.90 bits per heavy atom. The van der Waals surface area contributed by atoms with Crippen LogP contribution in [-0.4, -0.2) is 51.2 Å². The van der Waals surface area contributed by atoms with E-state index in [1.807, 2.05) is 6.07 Å². The molecule has 1 atom stereocenters. The van der Waals surface area contributed by atoms with Crippen LogP contribution in [0.15, 0.2) is 43.1 Å². The van der Waals surface area contributed by atoms with E-state index < -0.39 is 0 Å². The van der Waals surface area contributed by atoms with E-state index in [1.54, 1.807) is 41.6 Å². The molecule has 2 aromatic heterocycles. The van der Waals surface area contributed by atoms with E-state index in [4.69, 9.17) is 9.47 Å². The van der Waals surface area contributed by atoms with Crippen LogP contribution in [0.1, 0.15) is 36.7 Å². The molecule has 3 aromatic rings. The molecule has 9 heteroatoms. The summed E-state index contributed by atoms with van der Waals surface area (Å²) in [7, 11) is 0. The van der Waals surface area contributed by atoms with Gasteiger partial charge < -0.3 is 19.7 Å². The molecular formula is C22H24N6O3. The summed E-state index contributed by atoms with van der Waals surface area (Å²) in [6.07, 6.45) is 8.39. The van der Waals surface area contributed by atoms with Gasteiger partial charge in [0.15, 0.2) is 11.5 Å². The molecule has 1 amide bonds. The van der Waals surface area contributed by atoms with Crippen molar-refractivity contribution in [2.45, 2.75) is 32.2 Å². The maximum Gasteiger partial charge on any atom is 0.275 e. The molecule has 160 valence electrons. The van der Waals surface area contributed by atoms with Crippen molar-refractivity contribution in [3.8, 4) is 17.3 Å². The van der Waals surface area contributed by atoms with Gasteiger partial charge in [0.05, 0.1) is 0 Å². The topological polar surface area (TPSA) is 94.4 Å². The Balaban J connectivity index is 1.32. The lowest BCUT2D eigenvalue weighted by molar-refractivity contribution is 0.102. The van der Waals surface area contributed by atoms with Crippen molar-refractivity contribution in [3.05, 3.63) is 48.8 Å². The lowest BCUT2D eigenvalue weighted by Crippen LogP contribution is -2.38. The van der Waals surface area contributed by atoms with E-state index in [1.165, 1.54) is 12.8 Å². The van der Waals surface area contributed by atoms with Crippen LogP contribution in [0.3, 0.4) is 0 Å². The summed E-state index contributed by atoms with van der Waals surface area (Å²) in [5.74, 6) is 2.56. The Labute approximate surface area is 180 Å². The molecule has 0 radical (unpaired) electrons. The predicted molar refractivity (Wildman–Crippen MR) is 115 cm³/mol. The Kier molecular flexibility index (Phi) is 5.15. The SMILES string of the molecule is CC1CCCCN1c1cc(-n2cnc(C(=O)Nc3ccc4c(c3)OCCO4)c2)ncn1. The lowest BCUT2D eigenvalue weighted by Gasteiger charge is -2.34. The summed E-state index contributed by atoms with van der Waals surface area (Å²) in [5.41, 5.74) is 0.911. The number of imidazole rings is 1. The number of aromatic nitrogens is 4. The fourth-order valence-corrected chi connectivity index (χ4v) is 3.96. The highest BCUT2D eigenvalue weighted by molar-refractivity contribution is 6.02. The smallest absolute Gasteiger partial charge is 0.275 e. The summed E-state index contributed by atoms with van der Waals surface area (Å²) in [6.45, 7) is 4.23. The zero-order chi connectivity index (χ0) is 21.2. The number of carbonyl (C=O) groups excluding carboxylic acids is 1. The van der Waals surface area contributed by atoms with Crippen LogP contribution in [0.4, 0.5) is 11.5 Å². The number of nitrogens with one attached hydrogen (secondary N) is 1. The molecule has 31 heavy (non-hydrogen) atoms. The molecule has 0 saturated carbocycles. The molecule has 1 N–H and O–H groups in total. The number of nitrogens with zero attached hydrogens (tertiary/aromatic N) is 5. The number of hydrogen-bond acceptors (Lipinski definition) is 7. The molecule has 9 nitrogen and oxygen atoms in total. The number of rotatable bonds is 4. The maximum atomic E-state index is 12.7. The Morgan fingerprint density at radius 3 is 2.77 bits per heavy atom. The first-order valence-electron chi connectivity index (χ1n) is 10.5. The molecule has 0 spiro atoms. The standard InChI is InChI=1S/C22H24N6O3/c1-15-4-2-3-7-28(15)21-11-20(23-13-24-21)27-12-17(25-14-27)22(29)26-16-5-6-18-19(10-16)31-9-8-30-18/h5-6,10-15H,2-4,7-9H2,1H3,(H,26,29). The predicted octanol–water partition coefficient (Wildman–Crippen LogP) is 3.06. The van der Waals surface area contributed by atoms with Crippen LogP contribution >= 0.6 is 0 Å². The molecule has 0 bridgehead atoms. The van der Waals surface area contributed by atoms with Gasteiger partial charge in [0.2, 0.25) is 0 Å². The molecule has 2 aliphatic heterocycles. The zero-order valence-corrected chi connectivity index (χ0v) is 17.3. The van der Waals surface area contributed by atoms with Crippen molar-refractivity contribution >= 4 is 17.4 Å². The Bertz CT molecular complexity index is 1100. The van der Waals surface area contributed by atoms with Crippen LogP contribution in [0.25, 0.3) is 5.82 Å². The van der Waals surface area contributed by atoms with Gasteiger partial charge in [-0.15, -0.1) is 0 Å². The monoisotopic (exact) mass is 420 g/mol. The van der Waals surface area contributed by atoms with Gasteiger partial charge in [-0.1, -0.05) is 0 Å².